The highest BCUT2D eigenvalue weighted by Gasteiger charge is 2.23. The Kier molecular flexibility index (Phi) is 4.66. The molecule has 8 nitrogen and oxygen atoms in total. The summed E-state index contributed by atoms with van der Waals surface area (Å²) >= 11 is 0. The van der Waals surface area contributed by atoms with Crippen LogP contribution in [0, 0.1) is 18.6 Å². The number of pyridine rings is 1. The van der Waals surface area contributed by atoms with Gasteiger partial charge in [0.05, 0.1) is 22.8 Å². The van der Waals surface area contributed by atoms with Gasteiger partial charge >= 0.3 is 0 Å². The third-order valence-electron chi connectivity index (χ3n) is 5.35. The Hall–Kier alpha value is -3.40. The third-order valence-corrected chi connectivity index (χ3v) is 5.35. The zero-order valence-corrected chi connectivity index (χ0v) is 17.4. The molecule has 3 aromatic heterocycles. The quantitative estimate of drug-likeness (QED) is 0.523. The molecule has 1 saturated heterocycles. The minimum absolute atomic E-state index is 0.130. The summed E-state index contributed by atoms with van der Waals surface area (Å²) in [6.45, 7) is 7.46. The van der Waals surface area contributed by atoms with E-state index in [9.17, 15) is 4.39 Å². The minimum atomic E-state index is -0.534. The van der Waals surface area contributed by atoms with E-state index >= 15 is 4.39 Å². The van der Waals surface area contributed by atoms with Crippen LogP contribution in [0.5, 0.6) is 0 Å². The topological polar surface area (TPSA) is 83.3 Å². The monoisotopic (exact) mass is 424 g/mol. The first-order valence-electron chi connectivity index (χ1n) is 10.1. The number of nitrogens with one attached hydrogen (secondary N) is 2. The number of hydrogen-bond acceptors (Lipinski definition) is 7. The average molecular weight is 424 g/mol. The van der Waals surface area contributed by atoms with Crippen molar-refractivity contribution in [3.63, 3.8) is 0 Å². The van der Waals surface area contributed by atoms with Gasteiger partial charge in [0.15, 0.2) is 11.5 Å². The number of hydrogen-bond donors (Lipinski definition) is 2. The second-order valence-electron chi connectivity index (χ2n) is 8.05. The van der Waals surface area contributed by atoms with Crippen molar-refractivity contribution in [1.29, 1.82) is 0 Å². The molecule has 5 rings (SSSR count). The molecule has 10 heteroatoms. The lowest BCUT2D eigenvalue weighted by Gasteiger charge is -2.37. The van der Waals surface area contributed by atoms with Crippen molar-refractivity contribution in [2.75, 3.05) is 23.3 Å². The molecule has 4 aromatic rings. The smallest absolute Gasteiger partial charge is 0.191 e. The van der Waals surface area contributed by atoms with Gasteiger partial charge < -0.3 is 15.5 Å². The predicted octanol–water partition coefficient (Wildman–Crippen LogP) is 3.19. The van der Waals surface area contributed by atoms with Gasteiger partial charge in [-0.25, -0.2) is 28.2 Å². The number of piperazine rings is 1. The van der Waals surface area contributed by atoms with E-state index in [-0.39, 0.29) is 16.9 Å². The number of fused-ring (bicyclic) bond motifs is 2. The zero-order valence-electron chi connectivity index (χ0n) is 17.4. The SMILES string of the molecule is Cc1nc2c(F)cc(Nc3ncnc4cc(N5C[C@@H](C)N[C@H](C)C5)cc(F)c34)cn2n1. The van der Waals surface area contributed by atoms with Crippen LogP contribution >= 0.6 is 0 Å². The van der Waals surface area contributed by atoms with Crippen LogP contribution in [-0.2, 0) is 0 Å². The average Bonchev–Trinajstić information content (AvgIpc) is 3.08. The number of aryl methyl sites for hydroxylation is 1. The Morgan fingerprint density at radius 3 is 2.61 bits per heavy atom. The first-order chi connectivity index (χ1) is 14.9. The molecular formula is C21H22F2N8. The van der Waals surface area contributed by atoms with Crippen LogP contribution in [0.25, 0.3) is 16.6 Å². The van der Waals surface area contributed by atoms with Crippen molar-refractivity contribution >= 4 is 33.7 Å². The highest BCUT2D eigenvalue weighted by atomic mass is 19.1. The van der Waals surface area contributed by atoms with Crippen molar-refractivity contribution < 1.29 is 8.78 Å². The number of aromatic nitrogens is 5. The molecule has 1 fully saturated rings. The Labute approximate surface area is 177 Å². The lowest BCUT2D eigenvalue weighted by Crippen LogP contribution is -2.54. The van der Waals surface area contributed by atoms with Crippen molar-refractivity contribution in [2.45, 2.75) is 32.9 Å². The van der Waals surface area contributed by atoms with Crippen LogP contribution in [0.3, 0.4) is 0 Å². The van der Waals surface area contributed by atoms with Crippen molar-refractivity contribution in [3.8, 4) is 0 Å². The first-order valence-corrected chi connectivity index (χ1v) is 10.1. The molecule has 160 valence electrons. The van der Waals surface area contributed by atoms with Crippen molar-refractivity contribution in [1.82, 2.24) is 29.9 Å². The van der Waals surface area contributed by atoms with Crippen LogP contribution in [-0.4, -0.2) is 49.7 Å². The van der Waals surface area contributed by atoms with E-state index in [0.29, 0.717) is 29.1 Å². The second-order valence-corrected chi connectivity index (χ2v) is 8.05. The molecule has 2 N–H and O–H groups in total. The molecule has 0 bridgehead atoms. The largest absolute Gasteiger partial charge is 0.368 e. The summed E-state index contributed by atoms with van der Waals surface area (Å²) in [7, 11) is 0. The molecule has 1 aromatic carbocycles. The lowest BCUT2D eigenvalue weighted by atomic mass is 10.1. The standard InChI is InChI=1S/C21H22F2N8/c1-11-7-30(8-12(2)26-11)15-5-16(22)19-18(6-15)24-10-25-20(19)28-14-4-17(23)21-27-13(3)29-31(21)9-14/h4-6,9-12,26H,7-8H2,1-3H3,(H,24,25,28)/t11-,12-/m1/s1. The van der Waals surface area contributed by atoms with Gasteiger partial charge in [0, 0.05) is 36.9 Å². The summed E-state index contributed by atoms with van der Waals surface area (Å²) in [5, 5.41) is 10.9. The van der Waals surface area contributed by atoms with E-state index in [1.807, 2.05) is 6.07 Å². The van der Waals surface area contributed by atoms with E-state index in [1.165, 1.54) is 23.0 Å². The van der Waals surface area contributed by atoms with Crippen molar-refractivity contribution in [2.24, 2.45) is 0 Å². The van der Waals surface area contributed by atoms with E-state index < -0.39 is 11.6 Å². The second kappa shape index (κ2) is 7.38. The molecule has 2 atom stereocenters. The summed E-state index contributed by atoms with van der Waals surface area (Å²) in [5.41, 5.74) is 1.76. The van der Waals surface area contributed by atoms with Crippen molar-refractivity contribution in [3.05, 3.63) is 48.2 Å². The van der Waals surface area contributed by atoms with Gasteiger partial charge in [0.25, 0.3) is 0 Å². The maximum atomic E-state index is 15.2. The van der Waals surface area contributed by atoms with Gasteiger partial charge in [-0.05, 0) is 32.9 Å². The van der Waals surface area contributed by atoms with Crippen LogP contribution in [0.15, 0.2) is 30.7 Å². The minimum Gasteiger partial charge on any atom is -0.368 e. The van der Waals surface area contributed by atoms with E-state index in [0.717, 1.165) is 18.8 Å². The molecule has 0 radical (unpaired) electrons. The number of rotatable bonds is 3. The molecule has 0 unspecified atom stereocenters. The molecule has 0 aliphatic carbocycles. The van der Waals surface area contributed by atoms with Gasteiger partial charge in [-0.3, -0.25) is 0 Å². The number of anilines is 3. The summed E-state index contributed by atoms with van der Waals surface area (Å²) in [6.07, 6.45) is 2.95. The Morgan fingerprint density at radius 2 is 1.84 bits per heavy atom. The highest BCUT2D eigenvalue weighted by Crippen LogP contribution is 2.31. The van der Waals surface area contributed by atoms with Crippen LogP contribution in [0.1, 0.15) is 19.7 Å². The van der Waals surface area contributed by atoms with Gasteiger partial charge in [-0.2, -0.15) is 5.10 Å². The molecule has 1 aliphatic heterocycles. The van der Waals surface area contributed by atoms with E-state index in [4.69, 9.17) is 0 Å². The van der Waals surface area contributed by atoms with Gasteiger partial charge in [-0.1, -0.05) is 0 Å². The van der Waals surface area contributed by atoms with Crippen LogP contribution in [0.4, 0.5) is 26.0 Å². The van der Waals surface area contributed by atoms with E-state index in [1.54, 1.807) is 13.1 Å². The molecule has 4 heterocycles. The highest BCUT2D eigenvalue weighted by molar-refractivity contribution is 5.93. The number of halogens is 2. The summed E-state index contributed by atoms with van der Waals surface area (Å²) in [5.74, 6) is -0.258. The summed E-state index contributed by atoms with van der Waals surface area (Å²) in [6, 6.07) is 5.26. The number of nitrogens with zero attached hydrogens (tertiary/aromatic N) is 6. The maximum Gasteiger partial charge on any atom is 0.191 e. The fourth-order valence-electron chi connectivity index (χ4n) is 4.20. The summed E-state index contributed by atoms with van der Waals surface area (Å²) in [4.78, 5) is 14.7. The fourth-order valence-corrected chi connectivity index (χ4v) is 4.20. The first kappa shape index (κ1) is 19.6. The van der Waals surface area contributed by atoms with Gasteiger partial charge in [0.1, 0.15) is 23.8 Å². The molecule has 0 amide bonds. The Morgan fingerprint density at radius 1 is 1.06 bits per heavy atom. The van der Waals surface area contributed by atoms with Crippen LogP contribution < -0.4 is 15.5 Å². The lowest BCUT2D eigenvalue weighted by molar-refractivity contribution is 0.407. The summed E-state index contributed by atoms with van der Waals surface area (Å²) < 4.78 is 31.0. The Balaban J connectivity index is 1.53. The van der Waals surface area contributed by atoms with E-state index in [2.05, 4.69) is 49.4 Å². The molecule has 31 heavy (non-hydrogen) atoms. The third kappa shape index (κ3) is 3.63. The number of benzene rings is 1. The maximum absolute atomic E-state index is 15.2. The molecule has 0 spiro atoms. The normalized spacial score (nSPS) is 19.3. The molecule has 0 saturated carbocycles. The molecule has 1 aliphatic rings. The van der Waals surface area contributed by atoms with Gasteiger partial charge in [-0.15, -0.1) is 0 Å². The Bertz CT molecular complexity index is 1280. The zero-order chi connectivity index (χ0) is 21.7. The van der Waals surface area contributed by atoms with Crippen LogP contribution in [0.2, 0.25) is 0 Å². The fraction of sp³-hybridized carbons (Fsp3) is 0.333. The predicted molar refractivity (Wildman–Crippen MR) is 115 cm³/mol. The van der Waals surface area contributed by atoms with Gasteiger partial charge in [0.2, 0.25) is 0 Å². The molecular weight excluding hydrogens is 402 g/mol.